The van der Waals surface area contributed by atoms with Crippen LogP contribution in [0.3, 0.4) is 0 Å². The van der Waals surface area contributed by atoms with E-state index in [-0.39, 0.29) is 17.2 Å². The lowest BCUT2D eigenvalue weighted by molar-refractivity contribution is -0.113. The Kier molecular flexibility index (Phi) is 7.68. The van der Waals surface area contributed by atoms with Crippen LogP contribution in [0.25, 0.3) is 5.69 Å². The van der Waals surface area contributed by atoms with Crippen molar-refractivity contribution in [3.05, 3.63) is 76.7 Å². The Bertz CT molecular complexity index is 1030. The maximum absolute atomic E-state index is 12.5. The Hall–Kier alpha value is -3.06. The van der Waals surface area contributed by atoms with Gasteiger partial charge in [-0.25, -0.2) is 4.98 Å². The molecule has 0 fully saturated rings. The van der Waals surface area contributed by atoms with E-state index < -0.39 is 0 Å². The van der Waals surface area contributed by atoms with Gasteiger partial charge in [0.15, 0.2) is 5.16 Å². The standard InChI is InChI=1S/C23H25N3O3S/c1-3-4-14-29-20-12-10-18(11-13-20)25-21(27)16-30-23-24-17(2)15-22(28)26(23)19-8-6-5-7-9-19/h5-13,15H,3-4,14,16H2,1-2H3,(H,25,27). The predicted octanol–water partition coefficient (Wildman–Crippen LogP) is 4.45. The summed E-state index contributed by atoms with van der Waals surface area (Å²) in [7, 11) is 0. The molecule has 1 amide bonds. The van der Waals surface area contributed by atoms with Crippen LogP contribution in [0.4, 0.5) is 5.69 Å². The number of aryl methyl sites for hydroxylation is 1. The van der Waals surface area contributed by atoms with Crippen LogP contribution in [0.15, 0.2) is 70.6 Å². The number of unbranched alkanes of at least 4 members (excludes halogenated alkanes) is 1. The first kappa shape index (κ1) is 21.6. The number of amides is 1. The molecule has 0 aliphatic heterocycles. The number of hydrogen-bond acceptors (Lipinski definition) is 5. The highest BCUT2D eigenvalue weighted by Crippen LogP contribution is 2.20. The van der Waals surface area contributed by atoms with E-state index in [1.807, 2.05) is 54.6 Å². The van der Waals surface area contributed by atoms with Gasteiger partial charge in [0.25, 0.3) is 5.56 Å². The summed E-state index contributed by atoms with van der Waals surface area (Å²) in [6.45, 7) is 4.57. The molecule has 3 aromatic rings. The van der Waals surface area contributed by atoms with Gasteiger partial charge >= 0.3 is 0 Å². The lowest BCUT2D eigenvalue weighted by atomic mass is 10.3. The minimum Gasteiger partial charge on any atom is -0.494 e. The van der Waals surface area contributed by atoms with E-state index in [4.69, 9.17) is 4.74 Å². The molecule has 0 spiro atoms. The molecule has 0 radical (unpaired) electrons. The zero-order valence-corrected chi connectivity index (χ0v) is 17.9. The molecular weight excluding hydrogens is 398 g/mol. The predicted molar refractivity (Wildman–Crippen MR) is 121 cm³/mol. The molecule has 1 heterocycles. The van der Waals surface area contributed by atoms with Gasteiger partial charge in [0.1, 0.15) is 5.75 Å². The smallest absolute Gasteiger partial charge is 0.258 e. The first-order valence-electron chi connectivity index (χ1n) is 9.88. The van der Waals surface area contributed by atoms with Crippen LogP contribution in [-0.4, -0.2) is 27.8 Å². The van der Waals surface area contributed by atoms with Gasteiger partial charge in [0.05, 0.1) is 18.0 Å². The number of aromatic nitrogens is 2. The highest BCUT2D eigenvalue weighted by atomic mass is 32.2. The average molecular weight is 424 g/mol. The van der Waals surface area contributed by atoms with Gasteiger partial charge in [0, 0.05) is 17.4 Å². The fourth-order valence-electron chi connectivity index (χ4n) is 2.78. The third-order valence-electron chi connectivity index (χ3n) is 4.27. The number of rotatable bonds is 9. The van der Waals surface area contributed by atoms with Crippen molar-refractivity contribution in [1.82, 2.24) is 9.55 Å². The zero-order chi connectivity index (χ0) is 21.3. The summed E-state index contributed by atoms with van der Waals surface area (Å²) in [5, 5.41) is 3.35. The molecular formula is C23H25N3O3S. The fourth-order valence-corrected chi connectivity index (χ4v) is 3.64. The maximum atomic E-state index is 12.5. The molecule has 2 aromatic carbocycles. The molecule has 0 saturated heterocycles. The summed E-state index contributed by atoms with van der Waals surface area (Å²) in [6, 6.07) is 18.1. The first-order chi connectivity index (χ1) is 14.6. The molecule has 0 unspecified atom stereocenters. The number of ether oxygens (including phenoxy) is 1. The van der Waals surface area contributed by atoms with Crippen LogP contribution < -0.4 is 15.6 Å². The van der Waals surface area contributed by atoms with Crippen LogP contribution in [0.5, 0.6) is 5.75 Å². The molecule has 6 nitrogen and oxygen atoms in total. The third kappa shape index (κ3) is 5.97. The van der Waals surface area contributed by atoms with E-state index in [2.05, 4.69) is 17.2 Å². The van der Waals surface area contributed by atoms with Crippen LogP contribution in [-0.2, 0) is 4.79 Å². The largest absolute Gasteiger partial charge is 0.494 e. The molecule has 0 saturated carbocycles. The van der Waals surface area contributed by atoms with Crippen molar-refractivity contribution in [3.8, 4) is 11.4 Å². The number of nitrogens with one attached hydrogen (secondary N) is 1. The van der Waals surface area contributed by atoms with Gasteiger partial charge in [-0.15, -0.1) is 0 Å². The van der Waals surface area contributed by atoms with Crippen molar-refractivity contribution in [2.24, 2.45) is 0 Å². The number of carbonyl (C=O) groups is 1. The minimum absolute atomic E-state index is 0.136. The minimum atomic E-state index is -0.171. The highest BCUT2D eigenvalue weighted by Gasteiger charge is 2.12. The maximum Gasteiger partial charge on any atom is 0.258 e. The van der Waals surface area contributed by atoms with Crippen LogP contribution in [0.2, 0.25) is 0 Å². The molecule has 1 N–H and O–H groups in total. The van der Waals surface area contributed by atoms with Crippen molar-refractivity contribution in [3.63, 3.8) is 0 Å². The Labute approximate surface area is 180 Å². The number of para-hydroxylation sites is 1. The zero-order valence-electron chi connectivity index (χ0n) is 17.1. The van der Waals surface area contributed by atoms with Gasteiger partial charge in [-0.05, 0) is 49.7 Å². The van der Waals surface area contributed by atoms with Gasteiger partial charge in [0.2, 0.25) is 5.91 Å². The number of anilines is 1. The third-order valence-corrected chi connectivity index (χ3v) is 5.21. The Balaban J connectivity index is 1.64. The normalized spacial score (nSPS) is 10.6. The summed E-state index contributed by atoms with van der Waals surface area (Å²) < 4.78 is 7.15. The van der Waals surface area contributed by atoms with E-state index >= 15 is 0 Å². The van der Waals surface area contributed by atoms with E-state index in [1.165, 1.54) is 22.4 Å². The molecule has 156 valence electrons. The lowest BCUT2D eigenvalue weighted by Gasteiger charge is -2.12. The Morgan fingerprint density at radius 2 is 1.87 bits per heavy atom. The van der Waals surface area contributed by atoms with Gasteiger partial charge < -0.3 is 10.1 Å². The number of carbonyl (C=O) groups excluding carboxylic acids is 1. The second kappa shape index (κ2) is 10.6. The van der Waals surface area contributed by atoms with Crippen molar-refractivity contribution in [1.29, 1.82) is 0 Å². The van der Waals surface area contributed by atoms with E-state index in [9.17, 15) is 9.59 Å². The number of hydrogen-bond donors (Lipinski definition) is 1. The van der Waals surface area contributed by atoms with Crippen molar-refractivity contribution < 1.29 is 9.53 Å². The molecule has 30 heavy (non-hydrogen) atoms. The second-order valence-corrected chi connectivity index (χ2v) is 7.70. The number of benzene rings is 2. The van der Waals surface area contributed by atoms with Crippen LogP contribution in [0.1, 0.15) is 25.5 Å². The topological polar surface area (TPSA) is 73.2 Å². The van der Waals surface area contributed by atoms with Crippen LogP contribution in [0, 0.1) is 6.92 Å². The average Bonchev–Trinajstić information content (AvgIpc) is 2.74. The van der Waals surface area contributed by atoms with Crippen molar-refractivity contribution >= 4 is 23.4 Å². The summed E-state index contributed by atoms with van der Waals surface area (Å²) >= 11 is 1.23. The first-order valence-corrected chi connectivity index (χ1v) is 10.9. The Morgan fingerprint density at radius 3 is 2.57 bits per heavy atom. The quantitative estimate of drug-likeness (QED) is 0.313. The van der Waals surface area contributed by atoms with Gasteiger partial charge in [-0.1, -0.05) is 43.3 Å². The fraction of sp³-hybridized carbons (Fsp3) is 0.261. The monoisotopic (exact) mass is 423 g/mol. The SMILES string of the molecule is CCCCOc1ccc(NC(=O)CSc2nc(C)cc(=O)n2-c2ccccc2)cc1. The van der Waals surface area contributed by atoms with Gasteiger partial charge in [-0.2, -0.15) is 0 Å². The molecule has 1 aromatic heterocycles. The highest BCUT2D eigenvalue weighted by molar-refractivity contribution is 7.99. The van der Waals surface area contributed by atoms with E-state index in [1.54, 1.807) is 6.92 Å². The summed E-state index contributed by atoms with van der Waals surface area (Å²) in [5.41, 5.74) is 1.86. The summed E-state index contributed by atoms with van der Waals surface area (Å²) in [6.07, 6.45) is 2.09. The number of thioether (sulfide) groups is 1. The van der Waals surface area contributed by atoms with Crippen LogP contribution >= 0.6 is 11.8 Å². The van der Waals surface area contributed by atoms with E-state index in [0.717, 1.165) is 24.3 Å². The molecule has 0 atom stereocenters. The lowest BCUT2D eigenvalue weighted by Crippen LogP contribution is -2.22. The molecule has 3 rings (SSSR count). The van der Waals surface area contributed by atoms with Crippen molar-refractivity contribution in [2.45, 2.75) is 31.8 Å². The number of nitrogens with zero attached hydrogens (tertiary/aromatic N) is 2. The molecule has 0 aliphatic carbocycles. The molecule has 7 heteroatoms. The molecule has 0 bridgehead atoms. The molecule has 0 aliphatic rings. The Morgan fingerprint density at radius 1 is 1.13 bits per heavy atom. The summed E-state index contributed by atoms with van der Waals surface area (Å²) in [5.74, 6) is 0.749. The van der Waals surface area contributed by atoms with Crippen molar-refractivity contribution in [2.75, 3.05) is 17.7 Å². The van der Waals surface area contributed by atoms with Gasteiger partial charge in [-0.3, -0.25) is 14.2 Å². The van der Waals surface area contributed by atoms with E-state index in [0.29, 0.717) is 23.1 Å². The second-order valence-electron chi connectivity index (χ2n) is 6.75. The summed E-state index contributed by atoms with van der Waals surface area (Å²) in [4.78, 5) is 29.4.